The van der Waals surface area contributed by atoms with Crippen LogP contribution in [0.5, 0.6) is 0 Å². The molecule has 1 saturated heterocycles. The predicted molar refractivity (Wildman–Crippen MR) is 102 cm³/mol. The zero-order chi connectivity index (χ0) is 20.2. The van der Waals surface area contributed by atoms with Crippen molar-refractivity contribution in [3.8, 4) is 0 Å². The van der Waals surface area contributed by atoms with E-state index >= 15 is 0 Å². The van der Waals surface area contributed by atoms with E-state index in [1.807, 2.05) is 0 Å². The molecule has 1 aromatic carbocycles. The van der Waals surface area contributed by atoms with Gasteiger partial charge in [0, 0.05) is 0 Å². The molecule has 0 radical (unpaired) electrons. The van der Waals surface area contributed by atoms with Gasteiger partial charge in [0.2, 0.25) is 0 Å². The SMILES string of the molecule is C=C1SC(=S)N(c2cccc(C(F)(F)F)c2)C1=O.O=C(O)C1CCCCC1. The van der Waals surface area contributed by atoms with Gasteiger partial charge in [-0.1, -0.05) is 55.9 Å². The fourth-order valence-corrected chi connectivity index (χ4v) is 3.95. The van der Waals surface area contributed by atoms with E-state index in [0.29, 0.717) is 0 Å². The van der Waals surface area contributed by atoms with Crippen molar-refractivity contribution >= 4 is 45.9 Å². The third-order valence-electron chi connectivity index (χ3n) is 4.22. The Hall–Kier alpha value is -1.87. The number of hydrogen-bond donors (Lipinski definition) is 1. The summed E-state index contributed by atoms with van der Waals surface area (Å²) < 4.78 is 37.9. The molecule has 4 nitrogen and oxygen atoms in total. The molecule has 0 aromatic heterocycles. The number of thioether (sulfide) groups is 1. The van der Waals surface area contributed by atoms with Crippen LogP contribution in [0, 0.1) is 5.92 Å². The van der Waals surface area contributed by atoms with Crippen LogP contribution in [0.4, 0.5) is 18.9 Å². The molecule has 0 unspecified atom stereocenters. The lowest BCUT2D eigenvalue weighted by Crippen LogP contribution is -2.27. The van der Waals surface area contributed by atoms with Crippen molar-refractivity contribution in [2.24, 2.45) is 5.92 Å². The second-order valence-corrected chi connectivity index (χ2v) is 7.88. The van der Waals surface area contributed by atoms with Gasteiger partial charge in [0.1, 0.15) is 0 Å². The number of alkyl halides is 3. The fourth-order valence-electron chi connectivity index (χ4n) is 2.80. The lowest BCUT2D eigenvalue weighted by molar-refractivity contribution is -0.142. The third kappa shape index (κ3) is 5.55. The van der Waals surface area contributed by atoms with E-state index in [4.69, 9.17) is 17.3 Å². The molecule has 9 heteroatoms. The van der Waals surface area contributed by atoms with E-state index in [0.717, 1.165) is 54.5 Å². The van der Waals surface area contributed by atoms with Crippen LogP contribution >= 0.6 is 24.0 Å². The number of hydrogen-bond acceptors (Lipinski definition) is 4. The first-order valence-corrected chi connectivity index (χ1v) is 9.49. The number of halogens is 3. The average molecular weight is 417 g/mol. The molecule has 1 aliphatic heterocycles. The number of carbonyl (C=O) groups excluding carboxylic acids is 1. The zero-order valence-electron chi connectivity index (χ0n) is 14.3. The molecule has 146 valence electrons. The van der Waals surface area contributed by atoms with Crippen molar-refractivity contribution in [2.75, 3.05) is 4.90 Å². The maximum Gasteiger partial charge on any atom is 0.416 e. The summed E-state index contributed by atoms with van der Waals surface area (Å²) in [6.07, 6.45) is 0.785. The van der Waals surface area contributed by atoms with Crippen molar-refractivity contribution in [3.05, 3.63) is 41.3 Å². The summed E-state index contributed by atoms with van der Waals surface area (Å²) in [5.41, 5.74) is -0.718. The van der Waals surface area contributed by atoms with Gasteiger partial charge in [0.05, 0.1) is 22.1 Å². The van der Waals surface area contributed by atoms with Crippen molar-refractivity contribution in [1.29, 1.82) is 0 Å². The number of thiocarbonyl (C=S) groups is 1. The average Bonchev–Trinajstić information content (AvgIpc) is 2.88. The molecule has 0 spiro atoms. The molecule has 0 bridgehead atoms. The summed E-state index contributed by atoms with van der Waals surface area (Å²) in [5.74, 6) is -1.11. The Bertz CT molecular complexity index is 758. The molecule has 1 saturated carbocycles. The Kier molecular flexibility index (Phi) is 7.05. The van der Waals surface area contributed by atoms with Gasteiger partial charge >= 0.3 is 12.1 Å². The van der Waals surface area contributed by atoms with Crippen molar-refractivity contribution in [3.63, 3.8) is 0 Å². The van der Waals surface area contributed by atoms with Gasteiger partial charge in [-0.2, -0.15) is 13.2 Å². The summed E-state index contributed by atoms with van der Waals surface area (Å²) in [4.78, 5) is 23.3. The minimum atomic E-state index is -4.45. The van der Waals surface area contributed by atoms with E-state index in [1.54, 1.807) is 0 Å². The van der Waals surface area contributed by atoms with Gasteiger partial charge in [-0.25, -0.2) is 0 Å². The van der Waals surface area contributed by atoms with Crippen molar-refractivity contribution < 1.29 is 27.9 Å². The maximum absolute atomic E-state index is 12.6. The summed E-state index contributed by atoms with van der Waals surface area (Å²) >= 11 is 5.92. The first-order chi connectivity index (χ1) is 12.6. The highest BCUT2D eigenvalue weighted by molar-refractivity contribution is 8.27. The minimum absolute atomic E-state index is 0.0289. The van der Waals surface area contributed by atoms with E-state index in [1.165, 1.54) is 18.6 Å². The smallest absolute Gasteiger partial charge is 0.416 e. The number of amides is 1. The standard InChI is InChI=1S/C11H6F3NOS2.C7H12O2/c1-6-9(16)15(10(17)18-6)8-4-2-3-7(5-8)11(12,13)14;8-7(9)6-4-2-1-3-5-6/h2-5H,1H2;6H,1-5H2,(H,8,9). The summed E-state index contributed by atoms with van der Waals surface area (Å²) in [6.45, 7) is 3.49. The van der Waals surface area contributed by atoms with Crippen molar-refractivity contribution in [1.82, 2.24) is 0 Å². The number of carboxylic acid groups (broad SMARTS) is 1. The van der Waals surface area contributed by atoms with Crippen LogP contribution in [-0.4, -0.2) is 21.3 Å². The molecule has 2 aliphatic rings. The number of carbonyl (C=O) groups is 2. The van der Waals surface area contributed by atoms with Gasteiger partial charge in [-0.15, -0.1) is 0 Å². The predicted octanol–water partition coefficient (Wildman–Crippen LogP) is 5.24. The Morgan fingerprint density at radius 2 is 1.89 bits per heavy atom. The molecular weight excluding hydrogens is 399 g/mol. The van der Waals surface area contributed by atoms with E-state index < -0.39 is 23.6 Å². The zero-order valence-corrected chi connectivity index (χ0v) is 15.9. The lowest BCUT2D eigenvalue weighted by Gasteiger charge is -2.16. The van der Waals surface area contributed by atoms with Gasteiger partial charge in [-0.3, -0.25) is 14.5 Å². The Morgan fingerprint density at radius 3 is 2.33 bits per heavy atom. The number of carboxylic acids is 1. The van der Waals surface area contributed by atoms with Crippen LogP contribution in [0.1, 0.15) is 37.7 Å². The Morgan fingerprint density at radius 1 is 1.26 bits per heavy atom. The summed E-state index contributed by atoms with van der Waals surface area (Å²) in [5, 5.41) is 8.54. The lowest BCUT2D eigenvalue weighted by atomic mass is 9.90. The second kappa shape index (κ2) is 8.88. The van der Waals surface area contributed by atoms with E-state index in [9.17, 15) is 22.8 Å². The van der Waals surface area contributed by atoms with Gasteiger partial charge in [-0.05, 0) is 31.0 Å². The molecule has 0 atom stereocenters. The number of rotatable bonds is 2. The third-order valence-corrected chi connectivity index (χ3v) is 5.43. The second-order valence-electron chi connectivity index (χ2n) is 6.15. The number of anilines is 1. The highest BCUT2D eigenvalue weighted by atomic mass is 32.2. The van der Waals surface area contributed by atoms with Gasteiger partial charge in [0.15, 0.2) is 4.32 Å². The number of aliphatic carboxylic acids is 1. The van der Waals surface area contributed by atoms with Crippen LogP contribution in [0.15, 0.2) is 35.7 Å². The minimum Gasteiger partial charge on any atom is -0.481 e. The van der Waals surface area contributed by atoms with Gasteiger partial charge < -0.3 is 5.11 Å². The molecule has 1 heterocycles. The van der Waals surface area contributed by atoms with Crippen LogP contribution < -0.4 is 4.90 Å². The molecular formula is C18H18F3NO3S2. The first-order valence-electron chi connectivity index (χ1n) is 8.26. The maximum atomic E-state index is 12.6. The van der Waals surface area contributed by atoms with Gasteiger partial charge in [0.25, 0.3) is 5.91 Å². The molecule has 1 N–H and O–H groups in total. The normalized spacial score (nSPS) is 18.3. The monoisotopic (exact) mass is 417 g/mol. The largest absolute Gasteiger partial charge is 0.481 e. The highest BCUT2D eigenvalue weighted by Crippen LogP contribution is 2.36. The number of nitrogens with zero attached hydrogens (tertiary/aromatic N) is 1. The molecule has 27 heavy (non-hydrogen) atoms. The molecule has 1 aliphatic carbocycles. The fraction of sp³-hybridized carbons (Fsp3) is 0.389. The Balaban J connectivity index is 0.000000244. The van der Waals surface area contributed by atoms with Crippen LogP contribution in [0.3, 0.4) is 0 Å². The van der Waals surface area contributed by atoms with Crippen molar-refractivity contribution in [2.45, 2.75) is 38.3 Å². The molecule has 2 fully saturated rings. The summed E-state index contributed by atoms with van der Waals surface area (Å²) in [6, 6.07) is 4.47. The number of benzene rings is 1. The topological polar surface area (TPSA) is 57.6 Å². The van der Waals surface area contributed by atoms with E-state index in [-0.39, 0.29) is 20.8 Å². The van der Waals surface area contributed by atoms with Crippen LogP contribution in [0.25, 0.3) is 0 Å². The molecule has 1 amide bonds. The first kappa shape index (κ1) is 21.4. The highest BCUT2D eigenvalue weighted by Gasteiger charge is 2.35. The Labute approximate surface area is 164 Å². The molecule has 3 rings (SSSR count). The van der Waals surface area contributed by atoms with Crippen LogP contribution in [-0.2, 0) is 15.8 Å². The van der Waals surface area contributed by atoms with E-state index in [2.05, 4.69) is 6.58 Å². The quantitative estimate of drug-likeness (QED) is 0.527. The molecule has 1 aromatic rings. The van der Waals surface area contributed by atoms with Crippen LogP contribution in [0.2, 0.25) is 0 Å². The summed E-state index contributed by atoms with van der Waals surface area (Å²) in [7, 11) is 0.